The minimum atomic E-state index is 0.0806. The second-order valence-corrected chi connectivity index (χ2v) is 6.87. The zero-order valence-corrected chi connectivity index (χ0v) is 14.9. The Labute approximate surface area is 144 Å². The highest BCUT2D eigenvalue weighted by molar-refractivity contribution is 6.01. The summed E-state index contributed by atoms with van der Waals surface area (Å²) < 4.78 is 5.69. The highest BCUT2D eigenvalue weighted by atomic mass is 16.5. The van der Waals surface area contributed by atoms with Crippen LogP contribution in [0.5, 0.6) is 5.75 Å². The first-order valence-electron chi connectivity index (χ1n) is 8.67. The lowest BCUT2D eigenvalue weighted by molar-refractivity contribution is 0.0644. The van der Waals surface area contributed by atoms with Gasteiger partial charge in [0.1, 0.15) is 5.75 Å². The number of carbonyl (C=O) groups is 1. The maximum absolute atomic E-state index is 13.2. The Balaban J connectivity index is 2.04. The molecule has 1 heterocycles. The molecule has 0 spiro atoms. The molecule has 1 aliphatic heterocycles. The van der Waals surface area contributed by atoms with Crippen molar-refractivity contribution in [2.45, 2.75) is 46.2 Å². The van der Waals surface area contributed by atoms with Crippen molar-refractivity contribution in [3.8, 4) is 16.9 Å². The zero-order valence-electron chi connectivity index (χ0n) is 14.9. The van der Waals surface area contributed by atoms with Gasteiger partial charge in [-0.25, -0.2) is 0 Å². The smallest absolute Gasteiger partial charge is 0.254 e. The second-order valence-electron chi connectivity index (χ2n) is 6.87. The minimum Gasteiger partial charge on any atom is -0.493 e. The number of benzene rings is 2. The molecule has 0 bridgehead atoms. The van der Waals surface area contributed by atoms with Crippen LogP contribution in [0.1, 0.15) is 43.6 Å². The second kappa shape index (κ2) is 6.68. The Bertz CT molecular complexity index is 741. The lowest BCUT2D eigenvalue weighted by atomic mass is 9.96. The van der Waals surface area contributed by atoms with E-state index in [9.17, 15) is 4.79 Å². The normalized spacial score (nSPS) is 13.1. The maximum atomic E-state index is 13.2. The molecule has 2 aromatic carbocycles. The average molecular weight is 323 g/mol. The van der Waals surface area contributed by atoms with Crippen molar-refractivity contribution in [3.63, 3.8) is 0 Å². The molecule has 0 aromatic heterocycles. The molecular formula is C21H25NO2. The minimum absolute atomic E-state index is 0.0806. The molecule has 0 unspecified atom stereocenters. The summed E-state index contributed by atoms with van der Waals surface area (Å²) in [6.07, 6.45) is 0.963. The van der Waals surface area contributed by atoms with Crippen molar-refractivity contribution in [1.29, 1.82) is 0 Å². The summed E-state index contributed by atoms with van der Waals surface area (Å²) in [5, 5.41) is 0. The van der Waals surface area contributed by atoms with E-state index in [0.29, 0.717) is 0 Å². The van der Waals surface area contributed by atoms with E-state index in [0.717, 1.165) is 35.5 Å². The Morgan fingerprint density at radius 2 is 1.75 bits per heavy atom. The first kappa shape index (κ1) is 16.6. The van der Waals surface area contributed by atoms with Gasteiger partial charge < -0.3 is 9.64 Å². The van der Waals surface area contributed by atoms with E-state index in [-0.39, 0.29) is 18.0 Å². The number of nitrogens with zero attached hydrogens (tertiary/aromatic N) is 1. The molecule has 0 N–H and O–H groups in total. The highest BCUT2D eigenvalue weighted by Gasteiger charge is 2.24. The van der Waals surface area contributed by atoms with Crippen molar-refractivity contribution in [2.24, 2.45) is 0 Å². The first-order valence-corrected chi connectivity index (χ1v) is 8.67. The number of rotatable bonds is 4. The van der Waals surface area contributed by atoms with E-state index in [1.54, 1.807) is 0 Å². The highest BCUT2D eigenvalue weighted by Crippen LogP contribution is 2.33. The lowest BCUT2D eigenvalue weighted by Crippen LogP contribution is -2.42. The standard InChI is InChI=1S/C21H25NO2/c1-14(2)22(15(3)4)21(23)19-8-6-5-7-18(19)17-10-9-16-11-12-24-20(16)13-17/h5-10,13-15H,11-12H2,1-4H3. The van der Waals surface area contributed by atoms with E-state index in [4.69, 9.17) is 4.74 Å². The van der Waals surface area contributed by atoms with Gasteiger partial charge in [0.2, 0.25) is 0 Å². The molecule has 3 nitrogen and oxygen atoms in total. The molecular weight excluding hydrogens is 298 g/mol. The van der Waals surface area contributed by atoms with Gasteiger partial charge in [0.15, 0.2) is 0 Å². The van der Waals surface area contributed by atoms with E-state index < -0.39 is 0 Å². The molecule has 1 aliphatic rings. The van der Waals surface area contributed by atoms with Crippen LogP contribution in [-0.2, 0) is 6.42 Å². The van der Waals surface area contributed by atoms with Crippen LogP contribution in [0, 0.1) is 0 Å². The van der Waals surface area contributed by atoms with Crippen LogP contribution in [-0.4, -0.2) is 29.5 Å². The fourth-order valence-corrected chi connectivity index (χ4v) is 3.46. The molecule has 0 radical (unpaired) electrons. The molecule has 3 rings (SSSR count). The fraction of sp³-hybridized carbons (Fsp3) is 0.381. The van der Waals surface area contributed by atoms with Crippen LogP contribution >= 0.6 is 0 Å². The van der Waals surface area contributed by atoms with Gasteiger partial charge in [0.25, 0.3) is 5.91 Å². The van der Waals surface area contributed by atoms with E-state index in [1.807, 2.05) is 29.2 Å². The summed E-state index contributed by atoms with van der Waals surface area (Å²) in [6, 6.07) is 14.4. The third-order valence-corrected chi connectivity index (χ3v) is 4.51. The fourth-order valence-electron chi connectivity index (χ4n) is 3.46. The van der Waals surface area contributed by atoms with Gasteiger partial charge in [-0.05, 0) is 56.5 Å². The van der Waals surface area contributed by atoms with Gasteiger partial charge in [-0.15, -0.1) is 0 Å². The van der Waals surface area contributed by atoms with Crippen LogP contribution in [0.15, 0.2) is 42.5 Å². The number of fused-ring (bicyclic) bond motifs is 1. The first-order chi connectivity index (χ1) is 11.5. The zero-order chi connectivity index (χ0) is 17.3. The van der Waals surface area contributed by atoms with Crippen molar-refractivity contribution in [2.75, 3.05) is 6.61 Å². The Morgan fingerprint density at radius 1 is 1.04 bits per heavy atom. The summed E-state index contributed by atoms with van der Waals surface area (Å²) >= 11 is 0. The van der Waals surface area contributed by atoms with E-state index in [2.05, 4.69) is 45.9 Å². The number of amides is 1. The van der Waals surface area contributed by atoms with Gasteiger partial charge in [0, 0.05) is 24.1 Å². The van der Waals surface area contributed by atoms with Gasteiger partial charge in [-0.2, -0.15) is 0 Å². The number of ether oxygens (including phenoxy) is 1. The predicted molar refractivity (Wildman–Crippen MR) is 97.5 cm³/mol. The van der Waals surface area contributed by atoms with Crippen LogP contribution in [0.2, 0.25) is 0 Å². The molecule has 24 heavy (non-hydrogen) atoms. The van der Waals surface area contributed by atoms with E-state index in [1.165, 1.54) is 5.56 Å². The van der Waals surface area contributed by atoms with Crippen LogP contribution in [0.3, 0.4) is 0 Å². The average Bonchev–Trinajstić information content (AvgIpc) is 3.01. The van der Waals surface area contributed by atoms with Crippen molar-refractivity contribution in [3.05, 3.63) is 53.6 Å². The molecule has 3 heteroatoms. The van der Waals surface area contributed by atoms with Crippen molar-refractivity contribution < 1.29 is 9.53 Å². The molecule has 0 atom stereocenters. The number of hydrogen-bond acceptors (Lipinski definition) is 2. The number of carbonyl (C=O) groups excluding carboxylic acids is 1. The van der Waals surface area contributed by atoms with Crippen LogP contribution in [0.4, 0.5) is 0 Å². The number of hydrogen-bond donors (Lipinski definition) is 0. The van der Waals surface area contributed by atoms with Crippen LogP contribution < -0.4 is 4.74 Å². The van der Waals surface area contributed by atoms with Gasteiger partial charge in [-0.3, -0.25) is 4.79 Å². The van der Waals surface area contributed by atoms with Crippen LogP contribution in [0.25, 0.3) is 11.1 Å². The van der Waals surface area contributed by atoms with Crippen molar-refractivity contribution >= 4 is 5.91 Å². The largest absolute Gasteiger partial charge is 0.493 e. The molecule has 126 valence electrons. The lowest BCUT2D eigenvalue weighted by Gasteiger charge is -2.31. The van der Waals surface area contributed by atoms with Gasteiger partial charge >= 0.3 is 0 Å². The monoisotopic (exact) mass is 323 g/mol. The predicted octanol–water partition coefficient (Wildman–Crippen LogP) is 4.55. The summed E-state index contributed by atoms with van der Waals surface area (Å²) in [5.41, 5.74) is 3.99. The third-order valence-electron chi connectivity index (χ3n) is 4.51. The summed E-state index contributed by atoms with van der Waals surface area (Å²) in [6.45, 7) is 8.98. The third kappa shape index (κ3) is 3.03. The van der Waals surface area contributed by atoms with Crippen molar-refractivity contribution in [1.82, 2.24) is 4.90 Å². The van der Waals surface area contributed by atoms with Gasteiger partial charge in [0.05, 0.1) is 6.61 Å². The SMILES string of the molecule is CC(C)N(C(=O)c1ccccc1-c1ccc2c(c1)OCC2)C(C)C. The Hall–Kier alpha value is -2.29. The Kier molecular flexibility index (Phi) is 4.61. The van der Waals surface area contributed by atoms with E-state index >= 15 is 0 Å². The molecule has 0 fully saturated rings. The Morgan fingerprint density at radius 3 is 2.46 bits per heavy atom. The quantitative estimate of drug-likeness (QED) is 0.826. The molecule has 0 saturated carbocycles. The summed E-state index contributed by atoms with van der Waals surface area (Å²) in [4.78, 5) is 15.1. The summed E-state index contributed by atoms with van der Waals surface area (Å²) in [7, 11) is 0. The molecule has 2 aromatic rings. The molecule has 0 saturated heterocycles. The molecule has 0 aliphatic carbocycles. The topological polar surface area (TPSA) is 29.5 Å². The van der Waals surface area contributed by atoms with Gasteiger partial charge in [-0.1, -0.05) is 30.3 Å². The summed E-state index contributed by atoms with van der Waals surface area (Å²) in [5.74, 6) is 1.02. The molecule has 1 amide bonds. The maximum Gasteiger partial charge on any atom is 0.254 e.